The number of halogens is 3. The standard InChI is InChI=1S/C10H8Cl3NO3/c11-5-3-6(12)8(10(14)17)9(13)4(5)1-2-7(15)16/h3H,1-2H2,(H2,14,17)(H,15,16). The second-order valence-corrected chi connectivity index (χ2v) is 4.46. The third-order valence-electron chi connectivity index (χ3n) is 2.10. The highest BCUT2D eigenvalue weighted by Gasteiger charge is 2.19. The Morgan fingerprint density at radius 1 is 1.24 bits per heavy atom. The van der Waals surface area contributed by atoms with Crippen molar-refractivity contribution in [3.8, 4) is 0 Å². The van der Waals surface area contributed by atoms with Crippen LogP contribution in [0.3, 0.4) is 0 Å². The molecule has 1 rings (SSSR count). The SMILES string of the molecule is NC(=O)c1c(Cl)cc(Cl)c(CCC(=O)O)c1Cl. The van der Waals surface area contributed by atoms with Crippen LogP contribution in [0, 0.1) is 0 Å². The molecule has 0 unspecified atom stereocenters. The molecule has 0 heterocycles. The van der Waals surface area contributed by atoms with Crippen molar-refractivity contribution in [3.63, 3.8) is 0 Å². The first kappa shape index (κ1) is 14.1. The summed E-state index contributed by atoms with van der Waals surface area (Å²) in [4.78, 5) is 21.6. The summed E-state index contributed by atoms with van der Waals surface area (Å²) in [5, 5.41) is 8.86. The van der Waals surface area contributed by atoms with Gasteiger partial charge in [-0.3, -0.25) is 9.59 Å². The lowest BCUT2D eigenvalue weighted by Crippen LogP contribution is -2.13. The first-order valence-electron chi connectivity index (χ1n) is 4.52. The predicted octanol–water partition coefficient (Wildman–Crippen LogP) is 2.76. The number of primary amides is 1. The van der Waals surface area contributed by atoms with Crippen molar-refractivity contribution in [2.45, 2.75) is 12.8 Å². The van der Waals surface area contributed by atoms with Crippen LogP contribution in [-0.4, -0.2) is 17.0 Å². The molecule has 0 saturated heterocycles. The van der Waals surface area contributed by atoms with Gasteiger partial charge >= 0.3 is 5.97 Å². The van der Waals surface area contributed by atoms with Gasteiger partial charge in [0, 0.05) is 11.4 Å². The van der Waals surface area contributed by atoms with Crippen LogP contribution in [0.5, 0.6) is 0 Å². The van der Waals surface area contributed by atoms with Gasteiger partial charge in [0.1, 0.15) is 0 Å². The lowest BCUT2D eigenvalue weighted by molar-refractivity contribution is -0.136. The van der Waals surface area contributed by atoms with Gasteiger partial charge in [0.2, 0.25) is 0 Å². The largest absolute Gasteiger partial charge is 0.481 e. The van der Waals surface area contributed by atoms with Crippen LogP contribution in [0.4, 0.5) is 0 Å². The normalized spacial score (nSPS) is 10.3. The first-order valence-corrected chi connectivity index (χ1v) is 5.66. The summed E-state index contributed by atoms with van der Waals surface area (Å²) in [5.41, 5.74) is 5.44. The molecular formula is C10H8Cl3NO3. The summed E-state index contributed by atoms with van der Waals surface area (Å²) in [7, 11) is 0. The number of carboxylic acid groups (broad SMARTS) is 1. The van der Waals surface area contributed by atoms with Crippen molar-refractivity contribution < 1.29 is 14.7 Å². The Bertz CT molecular complexity index is 488. The maximum atomic E-state index is 11.1. The van der Waals surface area contributed by atoms with Crippen LogP contribution in [0.15, 0.2) is 6.07 Å². The number of nitrogens with two attached hydrogens (primary N) is 1. The summed E-state index contributed by atoms with van der Waals surface area (Å²) in [5.74, 6) is -1.78. The van der Waals surface area contributed by atoms with E-state index in [1.807, 2.05) is 0 Å². The summed E-state index contributed by atoms with van der Waals surface area (Å²) < 4.78 is 0. The Hall–Kier alpha value is -0.970. The quantitative estimate of drug-likeness (QED) is 0.896. The van der Waals surface area contributed by atoms with Gasteiger partial charge in [-0.05, 0) is 18.1 Å². The second kappa shape index (κ2) is 5.58. The molecule has 7 heteroatoms. The Morgan fingerprint density at radius 2 is 1.82 bits per heavy atom. The Kier molecular flexibility index (Phi) is 4.62. The van der Waals surface area contributed by atoms with E-state index in [0.717, 1.165) is 0 Å². The molecule has 0 aromatic heterocycles. The van der Waals surface area contributed by atoms with E-state index in [-0.39, 0.29) is 33.5 Å². The average Bonchev–Trinajstić information content (AvgIpc) is 2.14. The molecule has 0 fully saturated rings. The summed E-state index contributed by atoms with van der Waals surface area (Å²) in [6, 6.07) is 1.33. The van der Waals surface area contributed by atoms with Crippen molar-refractivity contribution in [1.29, 1.82) is 0 Å². The van der Waals surface area contributed by atoms with Gasteiger partial charge in [-0.2, -0.15) is 0 Å². The zero-order chi connectivity index (χ0) is 13.2. The highest BCUT2D eigenvalue weighted by molar-refractivity contribution is 6.43. The fourth-order valence-electron chi connectivity index (χ4n) is 1.32. The minimum atomic E-state index is -0.993. The molecule has 17 heavy (non-hydrogen) atoms. The van der Waals surface area contributed by atoms with E-state index in [9.17, 15) is 9.59 Å². The highest BCUT2D eigenvalue weighted by Crippen LogP contribution is 2.34. The van der Waals surface area contributed by atoms with Gasteiger partial charge in [-0.1, -0.05) is 34.8 Å². The zero-order valence-electron chi connectivity index (χ0n) is 8.47. The van der Waals surface area contributed by atoms with Crippen LogP contribution in [0.25, 0.3) is 0 Å². The third-order valence-corrected chi connectivity index (χ3v) is 3.15. The fraction of sp³-hybridized carbons (Fsp3) is 0.200. The Labute approximate surface area is 112 Å². The molecule has 92 valence electrons. The van der Waals surface area contributed by atoms with Gasteiger partial charge in [0.15, 0.2) is 0 Å². The van der Waals surface area contributed by atoms with Crippen molar-refractivity contribution in [1.82, 2.24) is 0 Å². The zero-order valence-corrected chi connectivity index (χ0v) is 10.7. The van der Waals surface area contributed by atoms with Crippen LogP contribution >= 0.6 is 34.8 Å². The second-order valence-electron chi connectivity index (χ2n) is 3.27. The maximum absolute atomic E-state index is 11.1. The van der Waals surface area contributed by atoms with Gasteiger partial charge in [0.05, 0.1) is 15.6 Å². The fourth-order valence-corrected chi connectivity index (χ4v) is 2.46. The van der Waals surface area contributed by atoms with Crippen molar-refractivity contribution in [2.24, 2.45) is 5.73 Å². The minimum Gasteiger partial charge on any atom is -0.481 e. The lowest BCUT2D eigenvalue weighted by Gasteiger charge is -2.10. The molecular weight excluding hydrogens is 288 g/mol. The molecule has 4 nitrogen and oxygen atoms in total. The highest BCUT2D eigenvalue weighted by atomic mass is 35.5. The number of benzene rings is 1. The molecule has 0 atom stereocenters. The van der Waals surface area contributed by atoms with Gasteiger partial charge < -0.3 is 10.8 Å². The van der Waals surface area contributed by atoms with Gasteiger partial charge in [-0.25, -0.2) is 0 Å². The molecule has 0 saturated carbocycles. The Morgan fingerprint density at radius 3 is 2.29 bits per heavy atom. The van der Waals surface area contributed by atoms with Crippen molar-refractivity contribution in [3.05, 3.63) is 32.3 Å². The summed E-state index contributed by atoms with van der Waals surface area (Å²) >= 11 is 17.6. The van der Waals surface area contributed by atoms with E-state index >= 15 is 0 Å². The number of carbonyl (C=O) groups is 2. The van der Waals surface area contributed by atoms with E-state index in [0.29, 0.717) is 5.56 Å². The molecule has 0 spiro atoms. The van der Waals surface area contributed by atoms with E-state index in [1.54, 1.807) is 0 Å². The minimum absolute atomic E-state index is 0.0104. The van der Waals surface area contributed by atoms with Gasteiger partial charge in [-0.15, -0.1) is 0 Å². The number of aliphatic carboxylic acids is 1. The first-order chi connectivity index (χ1) is 7.84. The maximum Gasteiger partial charge on any atom is 0.303 e. The molecule has 1 amide bonds. The van der Waals surface area contributed by atoms with Crippen LogP contribution in [0.2, 0.25) is 15.1 Å². The summed E-state index contributed by atoms with van der Waals surface area (Å²) in [6.45, 7) is 0. The average molecular weight is 297 g/mol. The molecule has 1 aromatic carbocycles. The number of hydrogen-bond donors (Lipinski definition) is 2. The van der Waals surface area contributed by atoms with Crippen LogP contribution < -0.4 is 5.73 Å². The van der Waals surface area contributed by atoms with E-state index in [1.165, 1.54) is 6.07 Å². The molecule has 0 aliphatic carbocycles. The smallest absolute Gasteiger partial charge is 0.303 e. The number of hydrogen-bond acceptors (Lipinski definition) is 2. The summed E-state index contributed by atoms with van der Waals surface area (Å²) in [6.07, 6.45) is -0.0519. The number of amides is 1. The van der Waals surface area contributed by atoms with Crippen LogP contribution in [-0.2, 0) is 11.2 Å². The lowest BCUT2D eigenvalue weighted by atomic mass is 10.1. The topological polar surface area (TPSA) is 80.4 Å². The van der Waals surface area contributed by atoms with Gasteiger partial charge in [0.25, 0.3) is 5.91 Å². The predicted molar refractivity (Wildman–Crippen MR) is 65.9 cm³/mol. The number of carbonyl (C=O) groups excluding carboxylic acids is 1. The van der Waals surface area contributed by atoms with E-state index in [4.69, 9.17) is 45.6 Å². The number of rotatable bonds is 4. The monoisotopic (exact) mass is 295 g/mol. The van der Waals surface area contributed by atoms with E-state index in [2.05, 4.69) is 0 Å². The molecule has 0 radical (unpaired) electrons. The van der Waals surface area contributed by atoms with Crippen LogP contribution in [0.1, 0.15) is 22.3 Å². The van der Waals surface area contributed by atoms with Crippen molar-refractivity contribution >= 4 is 46.7 Å². The third kappa shape index (κ3) is 3.25. The Balaban J connectivity index is 3.25. The molecule has 0 aliphatic rings. The molecule has 1 aromatic rings. The molecule has 3 N–H and O–H groups in total. The number of carboxylic acids is 1. The molecule has 0 bridgehead atoms. The van der Waals surface area contributed by atoms with Crippen molar-refractivity contribution in [2.75, 3.05) is 0 Å². The molecule has 0 aliphatic heterocycles. The van der Waals surface area contributed by atoms with E-state index < -0.39 is 11.9 Å².